The van der Waals surface area contributed by atoms with E-state index in [1.165, 1.54) is 0 Å². The third-order valence-corrected chi connectivity index (χ3v) is 14.1. The standard InChI is InChI=1S/C33H47N5O4SSi/c1-23(37-43(40)32(2,3)4)27-14-11-15-28(36-27)24-19-29-26(30(20-24)41-18-12-17-39)21-34-38(29)31-16-10-13-25(35-31)22-42-44(8,9)33(5,6)7/h10-11,13-16,19-21,23,37,39H,12,17-18,22H2,1-9H3/t23-,43+/m0/s1. The van der Waals surface area contributed by atoms with Crippen molar-refractivity contribution in [2.24, 2.45) is 0 Å². The molecule has 0 aliphatic rings. The lowest BCUT2D eigenvalue weighted by atomic mass is 10.1. The average molecular weight is 638 g/mol. The molecule has 0 aliphatic heterocycles. The van der Waals surface area contributed by atoms with Gasteiger partial charge in [-0.15, -0.1) is 4.72 Å². The fourth-order valence-electron chi connectivity index (χ4n) is 4.18. The Kier molecular flexibility index (Phi) is 10.6. The Morgan fingerprint density at radius 2 is 1.77 bits per heavy atom. The van der Waals surface area contributed by atoms with Crippen LogP contribution in [0.4, 0.5) is 0 Å². The summed E-state index contributed by atoms with van der Waals surface area (Å²) >= 11 is -1.23. The Morgan fingerprint density at radius 1 is 1.05 bits per heavy atom. The molecule has 2 N–H and O–H groups in total. The number of benzene rings is 1. The number of hydrogen-bond acceptors (Lipinski definition) is 8. The molecule has 3 heterocycles. The van der Waals surface area contributed by atoms with Gasteiger partial charge in [0.25, 0.3) is 0 Å². The highest BCUT2D eigenvalue weighted by atomic mass is 32.2. The molecule has 0 spiro atoms. The minimum Gasteiger partial charge on any atom is -0.598 e. The van der Waals surface area contributed by atoms with Crippen LogP contribution >= 0.6 is 0 Å². The fourth-order valence-corrected chi connectivity index (χ4v) is 5.92. The Balaban J connectivity index is 1.72. The molecule has 0 bridgehead atoms. The van der Waals surface area contributed by atoms with Gasteiger partial charge in [-0.3, -0.25) is 4.98 Å². The highest BCUT2D eigenvalue weighted by Crippen LogP contribution is 2.37. The van der Waals surface area contributed by atoms with Gasteiger partial charge in [-0.1, -0.05) is 32.9 Å². The van der Waals surface area contributed by atoms with Crippen molar-refractivity contribution in [3.8, 4) is 22.8 Å². The zero-order chi connectivity index (χ0) is 32.3. The molecule has 11 heteroatoms. The van der Waals surface area contributed by atoms with Gasteiger partial charge in [0.15, 0.2) is 14.1 Å². The number of fused-ring (bicyclic) bond motifs is 1. The maximum atomic E-state index is 12.7. The van der Waals surface area contributed by atoms with Gasteiger partial charge < -0.3 is 18.8 Å². The normalized spacial score (nSPS) is 14.2. The molecule has 2 atom stereocenters. The highest BCUT2D eigenvalue weighted by molar-refractivity contribution is 7.90. The van der Waals surface area contributed by atoms with Crippen molar-refractivity contribution in [3.63, 3.8) is 0 Å². The van der Waals surface area contributed by atoms with Crippen LogP contribution in [0.5, 0.6) is 5.75 Å². The van der Waals surface area contributed by atoms with E-state index in [0.29, 0.717) is 31.2 Å². The van der Waals surface area contributed by atoms with Gasteiger partial charge in [-0.25, -0.2) is 9.67 Å². The van der Waals surface area contributed by atoms with Gasteiger partial charge in [0.05, 0.1) is 53.4 Å². The van der Waals surface area contributed by atoms with E-state index < -0.39 is 24.4 Å². The van der Waals surface area contributed by atoms with Gasteiger partial charge in [-0.05, 0) is 82.2 Å². The van der Waals surface area contributed by atoms with Crippen molar-refractivity contribution in [3.05, 3.63) is 66.1 Å². The molecule has 0 aliphatic carbocycles. The van der Waals surface area contributed by atoms with Crippen LogP contribution in [0.1, 0.15) is 72.3 Å². The lowest BCUT2D eigenvalue weighted by molar-refractivity contribution is 0.235. The molecule has 0 unspecified atom stereocenters. The van der Waals surface area contributed by atoms with Crippen LogP contribution in [0.25, 0.3) is 28.0 Å². The predicted octanol–water partition coefficient (Wildman–Crippen LogP) is 6.88. The molecule has 44 heavy (non-hydrogen) atoms. The number of ether oxygens (including phenoxy) is 1. The summed E-state index contributed by atoms with van der Waals surface area (Å²) < 4.78 is 29.9. The molecule has 0 saturated heterocycles. The Bertz CT molecular complexity index is 1560. The molecule has 0 amide bonds. The van der Waals surface area contributed by atoms with Crippen molar-refractivity contribution in [2.75, 3.05) is 13.2 Å². The second kappa shape index (κ2) is 13.7. The van der Waals surface area contributed by atoms with Crippen molar-refractivity contribution >= 4 is 30.6 Å². The smallest absolute Gasteiger partial charge is 0.192 e. The fraction of sp³-hybridized carbons (Fsp3) is 0.485. The van der Waals surface area contributed by atoms with Crippen molar-refractivity contribution < 1.29 is 18.8 Å². The molecular formula is C33H47N5O4SSi. The van der Waals surface area contributed by atoms with Crippen LogP contribution in [0, 0.1) is 0 Å². The maximum Gasteiger partial charge on any atom is 0.192 e. The highest BCUT2D eigenvalue weighted by Gasteiger charge is 2.37. The number of rotatable bonds is 12. The van der Waals surface area contributed by atoms with Crippen LogP contribution in [-0.4, -0.2) is 55.7 Å². The molecule has 1 aromatic carbocycles. The first-order valence-corrected chi connectivity index (χ1v) is 19.2. The number of nitrogens with zero attached hydrogens (tertiary/aromatic N) is 4. The third kappa shape index (κ3) is 8.07. The van der Waals surface area contributed by atoms with E-state index >= 15 is 0 Å². The first kappa shape index (κ1) is 34.1. The summed E-state index contributed by atoms with van der Waals surface area (Å²) in [6, 6.07) is 15.5. The first-order valence-electron chi connectivity index (χ1n) is 15.1. The van der Waals surface area contributed by atoms with Crippen LogP contribution < -0.4 is 9.46 Å². The number of nitrogens with one attached hydrogen (secondary N) is 1. The van der Waals surface area contributed by atoms with E-state index in [1.807, 2.05) is 80.9 Å². The number of pyridine rings is 2. The predicted molar refractivity (Wildman–Crippen MR) is 181 cm³/mol. The number of aromatic nitrogens is 4. The molecule has 3 aromatic heterocycles. The van der Waals surface area contributed by atoms with Gasteiger partial charge >= 0.3 is 0 Å². The summed E-state index contributed by atoms with van der Waals surface area (Å²) in [4.78, 5) is 9.85. The van der Waals surface area contributed by atoms with E-state index in [0.717, 1.165) is 33.5 Å². The topological polar surface area (TPSA) is 117 Å². The first-order chi connectivity index (χ1) is 20.6. The minimum atomic E-state index is -1.94. The third-order valence-electron chi connectivity index (χ3n) is 7.96. The maximum absolute atomic E-state index is 12.7. The number of aliphatic hydroxyl groups excluding tert-OH is 1. The van der Waals surface area contributed by atoms with Crippen LogP contribution in [-0.2, 0) is 22.4 Å². The average Bonchev–Trinajstić information content (AvgIpc) is 3.40. The molecule has 238 valence electrons. The van der Waals surface area contributed by atoms with Crippen LogP contribution in [0.3, 0.4) is 0 Å². The Labute approximate surface area is 265 Å². The van der Waals surface area contributed by atoms with Gasteiger partial charge in [-0.2, -0.15) is 5.10 Å². The van der Waals surface area contributed by atoms with E-state index in [-0.39, 0.29) is 17.7 Å². The monoisotopic (exact) mass is 637 g/mol. The molecular weight excluding hydrogens is 591 g/mol. The molecule has 0 fully saturated rings. The zero-order valence-corrected chi connectivity index (χ0v) is 29.3. The molecule has 4 aromatic rings. The van der Waals surface area contributed by atoms with E-state index in [4.69, 9.17) is 24.2 Å². The summed E-state index contributed by atoms with van der Waals surface area (Å²) in [5.74, 6) is 1.33. The Hall–Kier alpha value is -2.80. The van der Waals surface area contributed by atoms with Crippen molar-refractivity contribution in [2.45, 2.75) is 90.4 Å². The van der Waals surface area contributed by atoms with E-state index in [1.54, 1.807) is 6.20 Å². The second-order valence-electron chi connectivity index (χ2n) is 13.6. The summed E-state index contributed by atoms with van der Waals surface area (Å²) in [6.45, 7) is 19.8. The lowest BCUT2D eigenvalue weighted by Gasteiger charge is -2.36. The quantitative estimate of drug-likeness (QED) is 0.0981. The van der Waals surface area contributed by atoms with E-state index in [9.17, 15) is 9.66 Å². The summed E-state index contributed by atoms with van der Waals surface area (Å²) in [6.07, 6.45) is 2.30. The van der Waals surface area contributed by atoms with Crippen LogP contribution in [0.2, 0.25) is 18.1 Å². The van der Waals surface area contributed by atoms with Gasteiger partial charge in [0.1, 0.15) is 10.5 Å². The molecule has 4 rings (SSSR count). The largest absolute Gasteiger partial charge is 0.598 e. The number of aliphatic hydroxyl groups is 1. The molecule has 0 radical (unpaired) electrons. The van der Waals surface area contributed by atoms with Crippen LogP contribution in [0.15, 0.2) is 54.7 Å². The number of hydrogen-bond donors (Lipinski definition) is 2. The van der Waals surface area contributed by atoms with Gasteiger partial charge in [0.2, 0.25) is 0 Å². The summed E-state index contributed by atoms with van der Waals surface area (Å²) in [5.41, 5.74) is 4.05. The van der Waals surface area contributed by atoms with E-state index in [2.05, 4.69) is 38.6 Å². The van der Waals surface area contributed by atoms with Crippen molar-refractivity contribution in [1.82, 2.24) is 24.5 Å². The zero-order valence-electron chi connectivity index (χ0n) is 27.5. The Morgan fingerprint density at radius 3 is 2.45 bits per heavy atom. The summed E-state index contributed by atoms with van der Waals surface area (Å²) in [7, 11) is -1.94. The lowest BCUT2D eigenvalue weighted by Crippen LogP contribution is -2.40. The second-order valence-corrected chi connectivity index (χ2v) is 20.4. The SMILES string of the molecule is C[C@H](N[S@+]([O-])C(C)(C)C)c1cccc(-c2cc(OCCCO)c3cnn(-c4cccc(CO[Si](C)(C)C(C)(C)C)n4)c3c2)n1. The van der Waals surface area contributed by atoms with Gasteiger partial charge in [0, 0.05) is 30.0 Å². The van der Waals surface area contributed by atoms with Crippen molar-refractivity contribution in [1.29, 1.82) is 0 Å². The minimum absolute atomic E-state index is 0.0418. The molecule has 9 nitrogen and oxygen atoms in total. The summed E-state index contributed by atoms with van der Waals surface area (Å²) in [5, 5.41) is 15.0. The molecule has 0 saturated carbocycles.